The Kier molecular flexibility index (Phi) is 7.55. The first kappa shape index (κ1) is 22.2. The van der Waals surface area contributed by atoms with Crippen molar-refractivity contribution in [3.63, 3.8) is 0 Å². The first-order chi connectivity index (χ1) is 13.7. The van der Waals surface area contributed by atoms with E-state index < -0.39 is 4.92 Å². The second kappa shape index (κ2) is 9.88. The number of carbonyl (C=O) groups is 1. The number of hydrogen-bond donors (Lipinski definition) is 1. The molecule has 0 fully saturated rings. The molecule has 1 amide bonds. The number of anilines is 1. The summed E-state index contributed by atoms with van der Waals surface area (Å²) in [6.07, 6.45) is 0.283. The van der Waals surface area contributed by atoms with E-state index in [4.69, 9.17) is 9.47 Å². The highest BCUT2D eigenvalue weighted by molar-refractivity contribution is 5.92. The Bertz CT molecular complexity index is 875. The van der Waals surface area contributed by atoms with E-state index >= 15 is 0 Å². The summed E-state index contributed by atoms with van der Waals surface area (Å²) < 4.78 is 10.5. The van der Waals surface area contributed by atoms with Crippen LogP contribution < -0.4 is 14.8 Å². The van der Waals surface area contributed by atoms with Gasteiger partial charge in [0.25, 0.3) is 5.69 Å². The maximum absolute atomic E-state index is 12.3. The molecule has 0 bridgehead atoms. The molecule has 0 unspecified atom stereocenters. The summed E-state index contributed by atoms with van der Waals surface area (Å²) in [6, 6.07) is 8.27. The summed E-state index contributed by atoms with van der Waals surface area (Å²) in [4.78, 5) is 24.7. The average molecular weight is 401 g/mol. The minimum atomic E-state index is -0.508. The Morgan fingerprint density at radius 2 is 1.79 bits per heavy atom. The summed E-state index contributed by atoms with van der Waals surface area (Å²) in [6.45, 7) is 5.30. The normalized spacial score (nSPS) is 10.7. The number of nitrogens with one attached hydrogen (secondary N) is 1. The predicted molar refractivity (Wildman–Crippen MR) is 112 cm³/mol. The molecule has 8 nitrogen and oxygen atoms in total. The monoisotopic (exact) mass is 401 g/mol. The number of non-ortho nitro benzene ring substituents is 1. The van der Waals surface area contributed by atoms with Gasteiger partial charge in [-0.15, -0.1) is 0 Å². The number of nitro groups is 1. The number of carbonyl (C=O) groups excluding carboxylic acids is 1. The van der Waals surface area contributed by atoms with Crippen molar-refractivity contribution in [2.45, 2.75) is 26.8 Å². The fraction of sp³-hybridized carbons (Fsp3) is 0.381. The predicted octanol–water partition coefficient (Wildman–Crippen LogP) is 3.69. The summed E-state index contributed by atoms with van der Waals surface area (Å²) in [5, 5.41) is 13.6. The maximum atomic E-state index is 12.3. The number of rotatable bonds is 9. The molecule has 29 heavy (non-hydrogen) atoms. The lowest BCUT2D eigenvalue weighted by Gasteiger charge is -2.18. The molecular formula is C21H27N3O5. The van der Waals surface area contributed by atoms with Gasteiger partial charge in [-0.1, -0.05) is 12.1 Å². The fourth-order valence-corrected chi connectivity index (χ4v) is 3.25. The topological polar surface area (TPSA) is 93.9 Å². The number of hydrogen-bond acceptors (Lipinski definition) is 6. The molecule has 0 aliphatic rings. The first-order valence-electron chi connectivity index (χ1n) is 9.20. The molecule has 0 aliphatic carbocycles. The SMILES string of the molecule is COc1cc([N+](=O)[O-])ccc1NC(=O)CCN(C)Cc1cc(C)c(OC)c(C)c1. The van der Waals surface area contributed by atoms with E-state index in [9.17, 15) is 14.9 Å². The number of aryl methyl sites for hydroxylation is 2. The summed E-state index contributed by atoms with van der Waals surface area (Å²) >= 11 is 0. The molecule has 0 radical (unpaired) electrons. The van der Waals surface area contributed by atoms with Crippen molar-refractivity contribution in [3.05, 3.63) is 57.1 Å². The van der Waals surface area contributed by atoms with E-state index in [1.165, 1.54) is 25.3 Å². The highest BCUT2D eigenvalue weighted by Gasteiger charge is 2.14. The number of ether oxygens (including phenoxy) is 2. The number of nitrogens with zero attached hydrogens (tertiary/aromatic N) is 2. The average Bonchev–Trinajstić information content (AvgIpc) is 2.66. The van der Waals surface area contributed by atoms with Crippen LogP contribution in [0.15, 0.2) is 30.3 Å². The summed E-state index contributed by atoms with van der Waals surface area (Å²) in [5.74, 6) is 0.962. The van der Waals surface area contributed by atoms with Crippen LogP contribution in [0.1, 0.15) is 23.1 Å². The van der Waals surface area contributed by atoms with E-state index in [1.54, 1.807) is 7.11 Å². The van der Waals surface area contributed by atoms with Gasteiger partial charge in [0.15, 0.2) is 0 Å². The van der Waals surface area contributed by atoms with E-state index in [0.717, 1.165) is 22.4 Å². The van der Waals surface area contributed by atoms with Crippen LogP contribution in [-0.4, -0.2) is 43.5 Å². The van der Waals surface area contributed by atoms with E-state index in [0.29, 0.717) is 18.8 Å². The van der Waals surface area contributed by atoms with Crippen molar-refractivity contribution in [1.82, 2.24) is 4.90 Å². The highest BCUT2D eigenvalue weighted by atomic mass is 16.6. The van der Waals surface area contributed by atoms with Crippen LogP contribution in [0.5, 0.6) is 11.5 Å². The number of benzene rings is 2. The largest absolute Gasteiger partial charge is 0.496 e. The third-order valence-electron chi connectivity index (χ3n) is 4.57. The molecule has 0 saturated heterocycles. The van der Waals surface area contributed by atoms with Gasteiger partial charge < -0.3 is 19.7 Å². The van der Waals surface area contributed by atoms with Gasteiger partial charge in [0.2, 0.25) is 5.91 Å². The lowest BCUT2D eigenvalue weighted by atomic mass is 10.1. The van der Waals surface area contributed by atoms with Crippen molar-refractivity contribution in [2.75, 3.05) is 33.1 Å². The van der Waals surface area contributed by atoms with Crippen LogP contribution in [0, 0.1) is 24.0 Å². The van der Waals surface area contributed by atoms with Crippen molar-refractivity contribution in [1.29, 1.82) is 0 Å². The molecule has 0 atom stereocenters. The molecule has 2 aromatic carbocycles. The lowest BCUT2D eigenvalue weighted by Crippen LogP contribution is -2.24. The standard InChI is InChI=1S/C21H27N3O5/c1-14-10-16(11-15(2)21(14)29-5)13-23(3)9-8-20(25)22-18-7-6-17(24(26)27)12-19(18)28-4/h6-7,10-12H,8-9,13H2,1-5H3,(H,22,25). The van der Waals surface area contributed by atoms with E-state index in [2.05, 4.69) is 22.3 Å². The summed E-state index contributed by atoms with van der Waals surface area (Å²) in [7, 11) is 5.02. The molecular weight excluding hydrogens is 374 g/mol. The van der Waals surface area contributed by atoms with Gasteiger partial charge in [0, 0.05) is 25.6 Å². The minimum Gasteiger partial charge on any atom is -0.496 e. The van der Waals surface area contributed by atoms with Crippen LogP contribution in [0.3, 0.4) is 0 Å². The van der Waals surface area contributed by atoms with Gasteiger partial charge >= 0.3 is 0 Å². The zero-order valence-electron chi connectivity index (χ0n) is 17.4. The molecule has 0 aliphatic heterocycles. The van der Waals surface area contributed by atoms with Crippen molar-refractivity contribution < 1.29 is 19.2 Å². The van der Waals surface area contributed by atoms with Crippen LogP contribution in [0.2, 0.25) is 0 Å². The minimum absolute atomic E-state index is 0.0929. The van der Waals surface area contributed by atoms with Crippen molar-refractivity contribution >= 4 is 17.3 Å². The van der Waals surface area contributed by atoms with Crippen molar-refractivity contribution in [3.8, 4) is 11.5 Å². The van der Waals surface area contributed by atoms with Gasteiger partial charge in [-0.05, 0) is 43.7 Å². The first-order valence-corrected chi connectivity index (χ1v) is 9.20. The molecule has 0 aromatic heterocycles. The third kappa shape index (κ3) is 5.92. The highest BCUT2D eigenvalue weighted by Crippen LogP contribution is 2.29. The van der Waals surface area contributed by atoms with Gasteiger partial charge in [0.05, 0.1) is 30.9 Å². The van der Waals surface area contributed by atoms with Crippen LogP contribution in [-0.2, 0) is 11.3 Å². The van der Waals surface area contributed by atoms with Crippen molar-refractivity contribution in [2.24, 2.45) is 0 Å². The fourth-order valence-electron chi connectivity index (χ4n) is 3.25. The molecule has 2 aromatic rings. The Morgan fingerprint density at radius 1 is 1.14 bits per heavy atom. The second-order valence-electron chi connectivity index (χ2n) is 6.94. The molecule has 1 N–H and O–H groups in total. The Hall–Kier alpha value is -3.13. The van der Waals surface area contributed by atoms with E-state index in [1.807, 2.05) is 20.9 Å². The van der Waals surface area contributed by atoms with Gasteiger partial charge in [0.1, 0.15) is 11.5 Å². The molecule has 0 heterocycles. The molecule has 156 valence electrons. The summed E-state index contributed by atoms with van der Waals surface area (Å²) in [5.41, 5.74) is 3.63. The van der Waals surface area contributed by atoms with Gasteiger partial charge in [-0.25, -0.2) is 0 Å². The molecule has 0 saturated carbocycles. The molecule has 8 heteroatoms. The second-order valence-corrected chi connectivity index (χ2v) is 6.94. The Morgan fingerprint density at radius 3 is 2.34 bits per heavy atom. The van der Waals surface area contributed by atoms with Crippen LogP contribution >= 0.6 is 0 Å². The number of amides is 1. The third-order valence-corrected chi connectivity index (χ3v) is 4.57. The lowest BCUT2D eigenvalue weighted by molar-refractivity contribution is -0.384. The maximum Gasteiger partial charge on any atom is 0.273 e. The van der Waals surface area contributed by atoms with Crippen LogP contribution in [0.4, 0.5) is 11.4 Å². The Labute approximate surface area is 170 Å². The molecule has 2 rings (SSSR count). The number of nitro benzene ring substituents is 1. The van der Waals surface area contributed by atoms with Crippen LogP contribution in [0.25, 0.3) is 0 Å². The number of methoxy groups -OCH3 is 2. The van der Waals surface area contributed by atoms with Gasteiger partial charge in [-0.2, -0.15) is 0 Å². The quantitative estimate of drug-likeness (QED) is 0.509. The molecule has 0 spiro atoms. The smallest absolute Gasteiger partial charge is 0.273 e. The van der Waals surface area contributed by atoms with Gasteiger partial charge in [-0.3, -0.25) is 14.9 Å². The Balaban J connectivity index is 1.93. The van der Waals surface area contributed by atoms with E-state index in [-0.39, 0.29) is 23.8 Å². The zero-order chi connectivity index (χ0) is 21.6. The zero-order valence-corrected chi connectivity index (χ0v) is 17.4.